The number of aryl methyl sites for hydroxylation is 2. The van der Waals surface area contributed by atoms with Crippen LogP contribution < -0.4 is 9.47 Å². The average Bonchev–Trinajstić information content (AvgIpc) is 2.45. The summed E-state index contributed by atoms with van der Waals surface area (Å²) in [6, 6.07) is 10.6. The van der Waals surface area contributed by atoms with Gasteiger partial charge >= 0.3 is 5.69 Å². The van der Waals surface area contributed by atoms with Crippen molar-refractivity contribution in [2.75, 3.05) is 7.11 Å². The lowest BCUT2D eigenvalue weighted by Gasteiger charge is -2.11. The summed E-state index contributed by atoms with van der Waals surface area (Å²) >= 11 is 0. The summed E-state index contributed by atoms with van der Waals surface area (Å²) in [7, 11) is 1.59. The fourth-order valence-corrected chi connectivity index (χ4v) is 2.06. The van der Waals surface area contributed by atoms with Crippen LogP contribution in [0.5, 0.6) is 11.5 Å². The summed E-state index contributed by atoms with van der Waals surface area (Å²) in [6.45, 7) is 4.05. The Hall–Kier alpha value is -2.56. The molecule has 0 heterocycles. The highest BCUT2D eigenvalue weighted by atomic mass is 16.6. The molecule has 0 aliphatic carbocycles. The number of rotatable bonds is 5. The quantitative estimate of drug-likeness (QED) is 0.620. The van der Waals surface area contributed by atoms with E-state index in [1.807, 2.05) is 32.0 Å². The SMILES string of the molecule is COc1ccc(C)cc1COc1cc(C)ccc1[N+](=O)[O-]. The molecule has 0 aliphatic rings. The van der Waals surface area contributed by atoms with E-state index in [-0.39, 0.29) is 18.0 Å². The van der Waals surface area contributed by atoms with E-state index in [0.717, 1.165) is 16.7 Å². The van der Waals surface area contributed by atoms with E-state index in [1.54, 1.807) is 19.2 Å². The van der Waals surface area contributed by atoms with Gasteiger partial charge in [-0.1, -0.05) is 17.7 Å². The van der Waals surface area contributed by atoms with E-state index in [0.29, 0.717) is 5.75 Å². The van der Waals surface area contributed by atoms with Crippen molar-refractivity contribution in [1.29, 1.82) is 0 Å². The second-order valence-corrected chi connectivity index (χ2v) is 4.83. The first-order valence-electron chi connectivity index (χ1n) is 6.52. The Labute approximate surface area is 123 Å². The van der Waals surface area contributed by atoms with E-state index in [2.05, 4.69) is 0 Å². The zero-order valence-electron chi connectivity index (χ0n) is 12.3. The van der Waals surface area contributed by atoms with E-state index in [1.165, 1.54) is 6.07 Å². The molecule has 2 aromatic rings. The third-order valence-electron chi connectivity index (χ3n) is 3.13. The van der Waals surface area contributed by atoms with Gasteiger partial charge < -0.3 is 9.47 Å². The fourth-order valence-electron chi connectivity index (χ4n) is 2.06. The number of hydrogen-bond acceptors (Lipinski definition) is 4. The van der Waals surface area contributed by atoms with Gasteiger partial charge in [-0.05, 0) is 37.6 Å². The van der Waals surface area contributed by atoms with Gasteiger partial charge in [0.15, 0.2) is 5.75 Å². The fraction of sp³-hybridized carbons (Fsp3) is 0.250. The molecule has 0 N–H and O–H groups in total. The average molecular weight is 287 g/mol. The molecule has 0 unspecified atom stereocenters. The highest BCUT2D eigenvalue weighted by Crippen LogP contribution is 2.29. The Balaban J connectivity index is 2.26. The van der Waals surface area contributed by atoms with E-state index < -0.39 is 4.92 Å². The summed E-state index contributed by atoms with van der Waals surface area (Å²) in [5, 5.41) is 11.0. The lowest BCUT2D eigenvalue weighted by Crippen LogP contribution is -2.01. The summed E-state index contributed by atoms with van der Waals surface area (Å²) in [4.78, 5) is 10.6. The third kappa shape index (κ3) is 3.51. The molecule has 0 amide bonds. The second-order valence-electron chi connectivity index (χ2n) is 4.83. The molecule has 110 valence electrons. The van der Waals surface area contributed by atoms with Gasteiger partial charge in [0.2, 0.25) is 0 Å². The standard InChI is InChI=1S/C16H17NO4/c1-11-5-7-15(20-3)13(8-11)10-21-16-9-12(2)4-6-14(16)17(18)19/h4-9H,10H2,1-3H3. The Bertz CT molecular complexity index is 667. The van der Waals surface area contributed by atoms with Crippen LogP contribution in [0.2, 0.25) is 0 Å². The lowest BCUT2D eigenvalue weighted by molar-refractivity contribution is -0.386. The Morgan fingerprint density at radius 3 is 2.38 bits per heavy atom. The molecule has 0 aromatic heterocycles. The van der Waals surface area contributed by atoms with Gasteiger partial charge in [0.1, 0.15) is 12.4 Å². The van der Waals surface area contributed by atoms with E-state index in [9.17, 15) is 10.1 Å². The molecule has 0 aliphatic heterocycles. The number of ether oxygens (including phenoxy) is 2. The van der Waals surface area contributed by atoms with Crippen molar-refractivity contribution >= 4 is 5.69 Å². The smallest absolute Gasteiger partial charge is 0.310 e. The van der Waals surface area contributed by atoms with Crippen LogP contribution >= 0.6 is 0 Å². The molecule has 5 heteroatoms. The van der Waals surface area contributed by atoms with Gasteiger partial charge in [-0.15, -0.1) is 0 Å². The maximum Gasteiger partial charge on any atom is 0.310 e. The van der Waals surface area contributed by atoms with E-state index >= 15 is 0 Å². The predicted molar refractivity (Wildman–Crippen MR) is 79.9 cm³/mol. The molecule has 0 fully saturated rings. The van der Waals surface area contributed by atoms with Crippen LogP contribution in [0.25, 0.3) is 0 Å². The molecule has 0 radical (unpaired) electrons. The number of nitrogens with zero attached hydrogens (tertiary/aromatic N) is 1. The minimum Gasteiger partial charge on any atom is -0.496 e. The van der Waals surface area contributed by atoms with Crippen molar-refractivity contribution in [1.82, 2.24) is 0 Å². The molecule has 0 saturated heterocycles. The molecule has 5 nitrogen and oxygen atoms in total. The molecule has 0 atom stereocenters. The van der Waals surface area contributed by atoms with Gasteiger partial charge in [-0.25, -0.2) is 0 Å². The van der Waals surface area contributed by atoms with Crippen molar-refractivity contribution in [3.05, 3.63) is 63.2 Å². The Morgan fingerprint density at radius 1 is 1.05 bits per heavy atom. The molecular weight excluding hydrogens is 270 g/mol. The summed E-state index contributed by atoms with van der Waals surface area (Å²) in [5.41, 5.74) is 2.81. The normalized spacial score (nSPS) is 10.2. The topological polar surface area (TPSA) is 61.6 Å². The molecule has 0 bridgehead atoms. The number of methoxy groups -OCH3 is 1. The second kappa shape index (κ2) is 6.26. The first-order valence-corrected chi connectivity index (χ1v) is 6.52. The van der Waals surface area contributed by atoms with Crippen molar-refractivity contribution in [3.63, 3.8) is 0 Å². The van der Waals surface area contributed by atoms with Gasteiger partial charge in [-0.3, -0.25) is 10.1 Å². The molecule has 21 heavy (non-hydrogen) atoms. The number of nitro benzene ring substituents is 1. The zero-order valence-corrected chi connectivity index (χ0v) is 12.3. The first kappa shape index (κ1) is 14.8. The van der Waals surface area contributed by atoms with Crippen molar-refractivity contribution in [3.8, 4) is 11.5 Å². The highest BCUT2D eigenvalue weighted by molar-refractivity contribution is 5.48. The van der Waals surface area contributed by atoms with Crippen LogP contribution in [0.1, 0.15) is 16.7 Å². The van der Waals surface area contributed by atoms with Gasteiger partial charge in [0.05, 0.1) is 12.0 Å². The van der Waals surface area contributed by atoms with Crippen LogP contribution in [0.3, 0.4) is 0 Å². The van der Waals surface area contributed by atoms with Gasteiger partial charge in [-0.2, -0.15) is 0 Å². The zero-order chi connectivity index (χ0) is 15.4. The summed E-state index contributed by atoms with van der Waals surface area (Å²) in [5.74, 6) is 0.972. The number of benzene rings is 2. The lowest BCUT2D eigenvalue weighted by atomic mass is 10.1. The molecule has 0 spiro atoms. The van der Waals surface area contributed by atoms with Crippen LogP contribution in [0.4, 0.5) is 5.69 Å². The maximum absolute atomic E-state index is 11.0. The van der Waals surface area contributed by atoms with Gasteiger partial charge in [0, 0.05) is 11.6 Å². The van der Waals surface area contributed by atoms with Gasteiger partial charge in [0.25, 0.3) is 0 Å². The van der Waals surface area contributed by atoms with Crippen molar-refractivity contribution in [2.24, 2.45) is 0 Å². The predicted octanol–water partition coefficient (Wildman–Crippen LogP) is 3.80. The van der Waals surface area contributed by atoms with Crippen LogP contribution in [-0.4, -0.2) is 12.0 Å². The molecule has 0 saturated carbocycles. The largest absolute Gasteiger partial charge is 0.496 e. The molecule has 2 aromatic carbocycles. The van der Waals surface area contributed by atoms with Crippen molar-refractivity contribution < 1.29 is 14.4 Å². The number of nitro groups is 1. The van der Waals surface area contributed by atoms with Crippen molar-refractivity contribution in [2.45, 2.75) is 20.5 Å². The maximum atomic E-state index is 11.0. The minimum absolute atomic E-state index is 0.0350. The van der Waals surface area contributed by atoms with Crippen LogP contribution in [0.15, 0.2) is 36.4 Å². The highest BCUT2D eigenvalue weighted by Gasteiger charge is 2.15. The molecular formula is C16H17NO4. The van der Waals surface area contributed by atoms with E-state index in [4.69, 9.17) is 9.47 Å². The van der Waals surface area contributed by atoms with Crippen LogP contribution in [-0.2, 0) is 6.61 Å². The minimum atomic E-state index is -0.442. The summed E-state index contributed by atoms with van der Waals surface area (Å²) < 4.78 is 10.9. The number of hydrogen-bond donors (Lipinski definition) is 0. The Morgan fingerprint density at radius 2 is 1.71 bits per heavy atom. The first-order chi connectivity index (χ1) is 10.0. The summed E-state index contributed by atoms with van der Waals surface area (Å²) in [6.07, 6.45) is 0. The molecule has 2 rings (SSSR count). The monoisotopic (exact) mass is 287 g/mol. The Kier molecular flexibility index (Phi) is 4.42. The van der Waals surface area contributed by atoms with Crippen LogP contribution in [0, 0.1) is 24.0 Å². The third-order valence-corrected chi connectivity index (χ3v) is 3.13.